The van der Waals surface area contributed by atoms with Crippen molar-refractivity contribution in [3.63, 3.8) is 0 Å². The molecule has 2 aromatic rings. The molecular weight excluding hydrogens is 308 g/mol. The van der Waals surface area contributed by atoms with E-state index in [9.17, 15) is 9.59 Å². The van der Waals surface area contributed by atoms with Crippen LogP contribution in [0.4, 0.5) is 5.69 Å². The standard InChI is InChI=1S/C17H22N4O3/c22-16(19-5-1-7-21-8-10-24-11-9-21)17(23)20-14-3-2-13-4-6-18-15(13)12-14/h2-4,6,12,18H,1,5,7-11H2,(H,19,22)(H,20,23). The van der Waals surface area contributed by atoms with E-state index in [1.165, 1.54) is 0 Å². The summed E-state index contributed by atoms with van der Waals surface area (Å²) in [6.07, 6.45) is 2.64. The summed E-state index contributed by atoms with van der Waals surface area (Å²) in [5, 5.41) is 6.33. The zero-order chi connectivity index (χ0) is 16.8. The SMILES string of the molecule is O=C(NCCCN1CCOCC1)C(=O)Nc1ccc2cc[nH]c2c1. The number of morpholine rings is 1. The van der Waals surface area contributed by atoms with E-state index in [2.05, 4.69) is 20.5 Å². The van der Waals surface area contributed by atoms with Crippen molar-refractivity contribution in [2.45, 2.75) is 6.42 Å². The summed E-state index contributed by atoms with van der Waals surface area (Å²) in [7, 11) is 0. The molecule has 1 aliphatic rings. The lowest BCUT2D eigenvalue weighted by molar-refractivity contribution is -0.136. The molecule has 0 aliphatic carbocycles. The smallest absolute Gasteiger partial charge is 0.313 e. The lowest BCUT2D eigenvalue weighted by atomic mass is 10.2. The van der Waals surface area contributed by atoms with Crippen LogP contribution in [0.2, 0.25) is 0 Å². The fraction of sp³-hybridized carbons (Fsp3) is 0.412. The van der Waals surface area contributed by atoms with Crippen molar-refractivity contribution >= 4 is 28.4 Å². The van der Waals surface area contributed by atoms with E-state index in [-0.39, 0.29) is 0 Å². The first-order chi connectivity index (χ1) is 11.7. The highest BCUT2D eigenvalue weighted by Crippen LogP contribution is 2.17. The van der Waals surface area contributed by atoms with E-state index < -0.39 is 11.8 Å². The summed E-state index contributed by atoms with van der Waals surface area (Å²) in [5.74, 6) is -1.25. The Labute approximate surface area is 140 Å². The van der Waals surface area contributed by atoms with Crippen molar-refractivity contribution < 1.29 is 14.3 Å². The van der Waals surface area contributed by atoms with Gasteiger partial charge in [-0.1, -0.05) is 6.07 Å². The largest absolute Gasteiger partial charge is 0.379 e. The molecular formula is C17H22N4O3. The number of carbonyl (C=O) groups excluding carboxylic acids is 2. The number of aromatic nitrogens is 1. The van der Waals surface area contributed by atoms with Gasteiger partial charge in [0.15, 0.2) is 0 Å². The summed E-state index contributed by atoms with van der Waals surface area (Å²) in [6, 6.07) is 7.42. The molecule has 2 amide bonds. The molecule has 7 nitrogen and oxygen atoms in total. The number of rotatable bonds is 5. The van der Waals surface area contributed by atoms with Crippen molar-refractivity contribution in [1.29, 1.82) is 0 Å². The van der Waals surface area contributed by atoms with Gasteiger partial charge in [0, 0.05) is 37.0 Å². The molecule has 0 bridgehead atoms. The van der Waals surface area contributed by atoms with Crippen LogP contribution in [-0.4, -0.2) is 61.1 Å². The van der Waals surface area contributed by atoms with Crippen molar-refractivity contribution in [2.75, 3.05) is 44.7 Å². The number of hydrogen-bond acceptors (Lipinski definition) is 4. The zero-order valence-corrected chi connectivity index (χ0v) is 13.5. The number of nitrogens with zero attached hydrogens (tertiary/aromatic N) is 1. The Balaban J connectivity index is 1.40. The average Bonchev–Trinajstić information content (AvgIpc) is 3.07. The highest BCUT2D eigenvalue weighted by atomic mass is 16.5. The molecule has 1 aromatic carbocycles. The normalized spacial score (nSPS) is 15.3. The fourth-order valence-electron chi connectivity index (χ4n) is 2.72. The number of amides is 2. The maximum absolute atomic E-state index is 11.9. The predicted molar refractivity (Wildman–Crippen MR) is 91.8 cm³/mol. The molecule has 1 aromatic heterocycles. The Bertz CT molecular complexity index is 707. The molecule has 1 aliphatic heterocycles. The van der Waals surface area contributed by atoms with Gasteiger partial charge in [0.1, 0.15) is 0 Å². The Morgan fingerprint density at radius 2 is 2.00 bits per heavy atom. The van der Waals surface area contributed by atoms with Crippen molar-refractivity contribution in [1.82, 2.24) is 15.2 Å². The highest BCUT2D eigenvalue weighted by molar-refractivity contribution is 6.39. The number of benzene rings is 1. The summed E-state index contributed by atoms with van der Waals surface area (Å²) < 4.78 is 5.29. The van der Waals surface area contributed by atoms with Gasteiger partial charge < -0.3 is 20.4 Å². The van der Waals surface area contributed by atoms with Gasteiger partial charge in [-0.25, -0.2) is 0 Å². The van der Waals surface area contributed by atoms with E-state index in [0.717, 1.165) is 50.2 Å². The van der Waals surface area contributed by atoms with Crippen LogP contribution in [0.5, 0.6) is 0 Å². The number of hydrogen-bond donors (Lipinski definition) is 3. The summed E-state index contributed by atoms with van der Waals surface area (Å²) >= 11 is 0. The van der Waals surface area contributed by atoms with E-state index in [0.29, 0.717) is 12.2 Å². The Morgan fingerprint density at radius 1 is 1.17 bits per heavy atom. The van der Waals surface area contributed by atoms with Gasteiger partial charge in [0.2, 0.25) is 0 Å². The lowest BCUT2D eigenvalue weighted by Crippen LogP contribution is -2.39. The van der Waals surface area contributed by atoms with Gasteiger partial charge in [-0.3, -0.25) is 14.5 Å². The number of ether oxygens (including phenoxy) is 1. The summed E-state index contributed by atoms with van der Waals surface area (Å²) in [5.41, 5.74) is 1.51. The second-order valence-electron chi connectivity index (χ2n) is 5.80. The minimum absolute atomic E-state index is 0.485. The monoisotopic (exact) mass is 330 g/mol. The average molecular weight is 330 g/mol. The van der Waals surface area contributed by atoms with Crippen LogP contribution in [0, 0.1) is 0 Å². The number of carbonyl (C=O) groups is 2. The molecule has 128 valence electrons. The molecule has 1 saturated heterocycles. The second-order valence-corrected chi connectivity index (χ2v) is 5.80. The van der Waals surface area contributed by atoms with Crippen molar-refractivity contribution in [2.24, 2.45) is 0 Å². The highest BCUT2D eigenvalue weighted by Gasteiger charge is 2.14. The van der Waals surface area contributed by atoms with Gasteiger partial charge in [0.25, 0.3) is 0 Å². The molecule has 3 rings (SSSR count). The minimum atomic E-state index is -0.646. The van der Waals surface area contributed by atoms with Gasteiger partial charge in [-0.2, -0.15) is 0 Å². The quantitative estimate of drug-likeness (QED) is 0.563. The minimum Gasteiger partial charge on any atom is -0.379 e. The molecule has 1 fully saturated rings. The molecule has 0 atom stereocenters. The third-order valence-electron chi connectivity index (χ3n) is 4.06. The molecule has 7 heteroatoms. The van der Waals surface area contributed by atoms with Gasteiger partial charge in [0.05, 0.1) is 13.2 Å². The molecule has 0 unspecified atom stereocenters. The molecule has 0 spiro atoms. The van der Waals surface area contributed by atoms with E-state index >= 15 is 0 Å². The van der Waals surface area contributed by atoms with Crippen molar-refractivity contribution in [3.05, 3.63) is 30.5 Å². The van der Waals surface area contributed by atoms with Gasteiger partial charge in [-0.05, 0) is 36.6 Å². The van der Waals surface area contributed by atoms with Crippen LogP contribution < -0.4 is 10.6 Å². The fourth-order valence-corrected chi connectivity index (χ4v) is 2.72. The van der Waals surface area contributed by atoms with E-state index in [1.807, 2.05) is 18.3 Å². The van der Waals surface area contributed by atoms with Crippen LogP contribution in [-0.2, 0) is 14.3 Å². The second kappa shape index (κ2) is 7.94. The Kier molecular flexibility index (Phi) is 5.45. The molecule has 2 heterocycles. The summed E-state index contributed by atoms with van der Waals surface area (Å²) in [6.45, 7) is 4.76. The summed E-state index contributed by atoms with van der Waals surface area (Å²) in [4.78, 5) is 29.1. The van der Waals surface area contributed by atoms with Crippen LogP contribution in [0.15, 0.2) is 30.5 Å². The van der Waals surface area contributed by atoms with Crippen molar-refractivity contribution in [3.8, 4) is 0 Å². The number of nitrogens with one attached hydrogen (secondary N) is 3. The zero-order valence-electron chi connectivity index (χ0n) is 13.5. The van der Waals surface area contributed by atoms with Crippen LogP contribution in [0.3, 0.4) is 0 Å². The van der Waals surface area contributed by atoms with Crippen LogP contribution >= 0.6 is 0 Å². The Hall–Kier alpha value is -2.38. The van der Waals surface area contributed by atoms with E-state index in [4.69, 9.17) is 4.74 Å². The number of anilines is 1. The number of fused-ring (bicyclic) bond motifs is 1. The number of aromatic amines is 1. The van der Waals surface area contributed by atoms with E-state index in [1.54, 1.807) is 12.1 Å². The first-order valence-electron chi connectivity index (χ1n) is 8.19. The maximum atomic E-state index is 11.9. The molecule has 0 radical (unpaired) electrons. The molecule has 0 saturated carbocycles. The first-order valence-corrected chi connectivity index (χ1v) is 8.19. The maximum Gasteiger partial charge on any atom is 0.313 e. The van der Waals surface area contributed by atoms with Crippen LogP contribution in [0.1, 0.15) is 6.42 Å². The van der Waals surface area contributed by atoms with Gasteiger partial charge >= 0.3 is 11.8 Å². The lowest BCUT2D eigenvalue weighted by Gasteiger charge is -2.26. The molecule has 3 N–H and O–H groups in total. The first kappa shape index (κ1) is 16.5. The topological polar surface area (TPSA) is 86.5 Å². The number of H-pyrrole nitrogens is 1. The third-order valence-corrected chi connectivity index (χ3v) is 4.06. The Morgan fingerprint density at radius 3 is 2.83 bits per heavy atom. The predicted octanol–water partition coefficient (Wildman–Crippen LogP) is 0.945. The molecule has 24 heavy (non-hydrogen) atoms. The van der Waals surface area contributed by atoms with Crippen LogP contribution in [0.25, 0.3) is 10.9 Å². The van der Waals surface area contributed by atoms with Gasteiger partial charge in [-0.15, -0.1) is 0 Å². The third kappa shape index (κ3) is 4.33.